The van der Waals surface area contributed by atoms with Gasteiger partial charge in [-0.3, -0.25) is 0 Å². The maximum atomic E-state index is 10.9. The van der Waals surface area contributed by atoms with E-state index in [2.05, 4.69) is 13.8 Å². The van der Waals surface area contributed by atoms with Crippen molar-refractivity contribution in [3.05, 3.63) is 29.8 Å². The van der Waals surface area contributed by atoms with E-state index in [1.165, 1.54) is 6.08 Å². The molecule has 0 amide bonds. The SMILES string of the molecule is CC(C)C/C(=C\C(=O)O)c1ccc2c(c1)OCO2. The molecule has 18 heavy (non-hydrogen) atoms. The van der Waals surface area contributed by atoms with Gasteiger partial charge in [-0.25, -0.2) is 4.79 Å². The lowest BCUT2D eigenvalue weighted by Crippen LogP contribution is -1.97. The van der Waals surface area contributed by atoms with Crippen LogP contribution in [0.1, 0.15) is 25.8 Å². The van der Waals surface area contributed by atoms with E-state index in [1.54, 1.807) is 0 Å². The second-order valence-corrected chi connectivity index (χ2v) is 4.67. The highest BCUT2D eigenvalue weighted by atomic mass is 16.7. The highest BCUT2D eigenvalue weighted by Gasteiger charge is 2.15. The van der Waals surface area contributed by atoms with Crippen molar-refractivity contribution in [1.82, 2.24) is 0 Å². The molecule has 0 saturated carbocycles. The van der Waals surface area contributed by atoms with Crippen molar-refractivity contribution in [2.75, 3.05) is 6.79 Å². The van der Waals surface area contributed by atoms with Gasteiger partial charge < -0.3 is 14.6 Å². The molecule has 0 aromatic heterocycles. The number of benzene rings is 1. The molecule has 1 N–H and O–H groups in total. The molecule has 2 rings (SSSR count). The number of aliphatic carboxylic acids is 1. The fraction of sp³-hybridized carbons (Fsp3) is 0.357. The number of allylic oxidation sites excluding steroid dienone is 1. The van der Waals surface area contributed by atoms with Crippen LogP contribution in [0.3, 0.4) is 0 Å². The van der Waals surface area contributed by atoms with E-state index in [0.717, 1.165) is 11.1 Å². The third-order valence-electron chi connectivity index (χ3n) is 2.67. The van der Waals surface area contributed by atoms with Gasteiger partial charge in [0.1, 0.15) is 0 Å². The highest BCUT2D eigenvalue weighted by molar-refractivity contribution is 5.90. The van der Waals surface area contributed by atoms with Crippen LogP contribution in [-0.4, -0.2) is 17.9 Å². The lowest BCUT2D eigenvalue weighted by atomic mass is 9.96. The van der Waals surface area contributed by atoms with Crippen molar-refractivity contribution < 1.29 is 19.4 Å². The maximum Gasteiger partial charge on any atom is 0.328 e. The molecule has 0 aliphatic carbocycles. The van der Waals surface area contributed by atoms with Crippen LogP contribution in [0.4, 0.5) is 0 Å². The molecule has 0 unspecified atom stereocenters. The molecule has 1 heterocycles. The van der Waals surface area contributed by atoms with Crippen molar-refractivity contribution in [2.24, 2.45) is 5.92 Å². The van der Waals surface area contributed by atoms with Gasteiger partial charge in [-0.1, -0.05) is 19.9 Å². The van der Waals surface area contributed by atoms with Crippen LogP contribution in [0, 0.1) is 5.92 Å². The number of rotatable bonds is 4. The standard InChI is InChI=1S/C14H16O4/c1-9(2)5-11(7-14(15)16)10-3-4-12-13(6-10)18-8-17-12/h3-4,6-7,9H,5,8H2,1-2H3,(H,15,16)/b11-7+. The van der Waals surface area contributed by atoms with Crippen LogP contribution in [0.2, 0.25) is 0 Å². The summed E-state index contributed by atoms with van der Waals surface area (Å²) < 4.78 is 10.5. The molecule has 1 aliphatic rings. The summed E-state index contributed by atoms with van der Waals surface area (Å²) in [5.74, 6) is 0.842. The van der Waals surface area contributed by atoms with E-state index >= 15 is 0 Å². The number of ether oxygens (including phenoxy) is 2. The van der Waals surface area contributed by atoms with Gasteiger partial charge in [-0.2, -0.15) is 0 Å². The Bertz CT molecular complexity index is 489. The Morgan fingerprint density at radius 1 is 1.39 bits per heavy atom. The number of hydrogen-bond acceptors (Lipinski definition) is 3. The normalized spacial score (nSPS) is 14.1. The second kappa shape index (κ2) is 5.12. The first-order valence-corrected chi connectivity index (χ1v) is 5.90. The lowest BCUT2D eigenvalue weighted by Gasteiger charge is -2.10. The molecule has 4 nitrogen and oxygen atoms in total. The second-order valence-electron chi connectivity index (χ2n) is 4.67. The Morgan fingerprint density at radius 2 is 2.11 bits per heavy atom. The molecule has 0 spiro atoms. The summed E-state index contributed by atoms with van der Waals surface area (Å²) in [4.78, 5) is 10.9. The van der Waals surface area contributed by atoms with Crippen molar-refractivity contribution in [2.45, 2.75) is 20.3 Å². The van der Waals surface area contributed by atoms with Gasteiger partial charge >= 0.3 is 5.97 Å². The summed E-state index contributed by atoms with van der Waals surface area (Å²) >= 11 is 0. The first-order chi connectivity index (χ1) is 8.56. The summed E-state index contributed by atoms with van der Waals surface area (Å²) in [7, 11) is 0. The molecule has 0 bridgehead atoms. The van der Waals surface area contributed by atoms with Gasteiger partial charge in [0.2, 0.25) is 6.79 Å². The maximum absolute atomic E-state index is 10.9. The van der Waals surface area contributed by atoms with Crippen molar-refractivity contribution >= 4 is 11.5 Å². The van der Waals surface area contributed by atoms with Gasteiger partial charge in [0.15, 0.2) is 11.5 Å². The smallest absolute Gasteiger partial charge is 0.328 e. The zero-order valence-corrected chi connectivity index (χ0v) is 10.5. The molecule has 0 radical (unpaired) electrons. The van der Waals surface area contributed by atoms with Crippen molar-refractivity contribution in [1.29, 1.82) is 0 Å². The Balaban J connectivity index is 2.33. The quantitative estimate of drug-likeness (QED) is 0.832. The van der Waals surface area contributed by atoms with Gasteiger partial charge in [-0.05, 0) is 35.6 Å². The molecule has 0 fully saturated rings. The Kier molecular flexibility index (Phi) is 3.55. The number of hydrogen-bond donors (Lipinski definition) is 1. The molecule has 1 aromatic rings. The average molecular weight is 248 g/mol. The highest BCUT2D eigenvalue weighted by Crippen LogP contribution is 2.35. The van der Waals surface area contributed by atoms with E-state index in [1.807, 2.05) is 18.2 Å². The first-order valence-electron chi connectivity index (χ1n) is 5.90. The Labute approximate surface area is 106 Å². The van der Waals surface area contributed by atoms with Crippen LogP contribution < -0.4 is 9.47 Å². The van der Waals surface area contributed by atoms with Crippen molar-refractivity contribution in [3.8, 4) is 11.5 Å². The first kappa shape index (κ1) is 12.5. The van der Waals surface area contributed by atoms with Gasteiger partial charge in [0, 0.05) is 6.08 Å². The topological polar surface area (TPSA) is 55.8 Å². The third kappa shape index (κ3) is 2.83. The monoisotopic (exact) mass is 248 g/mol. The predicted molar refractivity (Wildman–Crippen MR) is 67.6 cm³/mol. The molecule has 1 aromatic carbocycles. The van der Waals surface area contributed by atoms with E-state index in [0.29, 0.717) is 23.8 Å². The molecular formula is C14H16O4. The largest absolute Gasteiger partial charge is 0.478 e. The van der Waals surface area contributed by atoms with Crippen LogP contribution >= 0.6 is 0 Å². The fourth-order valence-electron chi connectivity index (χ4n) is 1.95. The van der Waals surface area contributed by atoms with E-state index in [4.69, 9.17) is 14.6 Å². The number of carboxylic acids is 1. The minimum absolute atomic E-state index is 0.223. The predicted octanol–water partition coefficient (Wildman–Crippen LogP) is 2.93. The molecule has 4 heteroatoms. The fourth-order valence-corrected chi connectivity index (χ4v) is 1.95. The minimum Gasteiger partial charge on any atom is -0.478 e. The van der Waals surface area contributed by atoms with E-state index in [-0.39, 0.29) is 6.79 Å². The minimum atomic E-state index is -0.927. The Hall–Kier alpha value is -1.97. The lowest BCUT2D eigenvalue weighted by molar-refractivity contribution is -0.131. The Morgan fingerprint density at radius 3 is 2.78 bits per heavy atom. The summed E-state index contributed by atoms with van der Waals surface area (Å²) in [5.41, 5.74) is 1.67. The van der Waals surface area contributed by atoms with Crippen LogP contribution in [0.25, 0.3) is 5.57 Å². The summed E-state index contributed by atoms with van der Waals surface area (Å²) in [6, 6.07) is 5.51. The molecular weight excluding hydrogens is 232 g/mol. The van der Waals surface area contributed by atoms with Crippen molar-refractivity contribution in [3.63, 3.8) is 0 Å². The average Bonchev–Trinajstić information content (AvgIpc) is 2.73. The van der Waals surface area contributed by atoms with Crippen LogP contribution in [0.5, 0.6) is 11.5 Å². The number of fused-ring (bicyclic) bond motifs is 1. The zero-order chi connectivity index (χ0) is 13.1. The van der Waals surface area contributed by atoms with Gasteiger partial charge in [0.25, 0.3) is 0 Å². The molecule has 96 valence electrons. The number of carboxylic acid groups (broad SMARTS) is 1. The summed E-state index contributed by atoms with van der Waals surface area (Å²) in [6.07, 6.45) is 1.98. The number of carbonyl (C=O) groups is 1. The molecule has 0 saturated heterocycles. The van der Waals surface area contributed by atoms with Gasteiger partial charge in [-0.15, -0.1) is 0 Å². The van der Waals surface area contributed by atoms with E-state index in [9.17, 15) is 4.79 Å². The van der Waals surface area contributed by atoms with E-state index < -0.39 is 5.97 Å². The van der Waals surface area contributed by atoms with Gasteiger partial charge in [0.05, 0.1) is 0 Å². The van der Waals surface area contributed by atoms with Crippen LogP contribution in [-0.2, 0) is 4.79 Å². The molecule has 1 aliphatic heterocycles. The summed E-state index contributed by atoms with van der Waals surface area (Å²) in [6.45, 7) is 4.34. The van der Waals surface area contributed by atoms with Crippen LogP contribution in [0.15, 0.2) is 24.3 Å². The third-order valence-corrected chi connectivity index (χ3v) is 2.67. The molecule has 0 atom stereocenters. The zero-order valence-electron chi connectivity index (χ0n) is 10.5. The summed E-state index contributed by atoms with van der Waals surface area (Å²) in [5, 5.41) is 8.92.